The van der Waals surface area contributed by atoms with Crippen LogP contribution in [-0.4, -0.2) is 29.9 Å². The van der Waals surface area contributed by atoms with Crippen molar-refractivity contribution in [2.45, 2.75) is 36.2 Å². The zero-order chi connectivity index (χ0) is 16.7. The molecule has 23 heavy (non-hydrogen) atoms. The standard InChI is InChI=1S/C14H17ClN4O3S/c1-19(23(20,21)11-5-3-10(15)4-6-11)9-12-17-13(18-22-12)14(16)7-2-8-14/h3-6H,2,7-9,16H2,1H3. The van der Waals surface area contributed by atoms with Crippen LogP contribution in [0.1, 0.15) is 31.0 Å². The molecule has 0 unspecified atom stereocenters. The molecule has 1 heterocycles. The third-order valence-corrected chi connectivity index (χ3v) is 6.11. The topological polar surface area (TPSA) is 102 Å². The lowest BCUT2D eigenvalue weighted by atomic mass is 9.77. The molecular weight excluding hydrogens is 340 g/mol. The first kappa shape index (κ1) is 16.4. The van der Waals surface area contributed by atoms with E-state index in [4.69, 9.17) is 21.9 Å². The summed E-state index contributed by atoms with van der Waals surface area (Å²) < 4.78 is 31.3. The van der Waals surface area contributed by atoms with E-state index in [1.165, 1.54) is 31.3 Å². The molecule has 1 aromatic heterocycles. The summed E-state index contributed by atoms with van der Waals surface area (Å²) in [4.78, 5) is 4.39. The number of nitrogens with zero attached hydrogens (tertiary/aromatic N) is 3. The fourth-order valence-electron chi connectivity index (χ4n) is 2.36. The highest BCUT2D eigenvalue weighted by Gasteiger charge is 2.39. The third kappa shape index (κ3) is 3.12. The number of benzene rings is 1. The third-order valence-electron chi connectivity index (χ3n) is 4.04. The summed E-state index contributed by atoms with van der Waals surface area (Å²) in [5.74, 6) is 0.660. The van der Waals surface area contributed by atoms with Crippen molar-refractivity contribution in [1.29, 1.82) is 0 Å². The van der Waals surface area contributed by atoms with Gasteiger partial charge in [0.15, 0.2) is 5.82 Å². The fourth-order valence-corrected chi connectivity index (χ4v) is 3.61. The van der Waals surface area contributed by atoms with Crippen LogP contribution >= 0.6 is 11.6 Å². The van der Waals surface area contributed by atoms with Gasteiger partial charge in [-0.3, -0.25) is 0 Å². The Bertz CT molecular complexity index is 800. The molecule has 9 heteroatoms. The van der Waals surface area contributed by atoms with Crippen LogP contribution in [0, 0.1) is 0 Å². The summed E-state index contributed by atoms with van der Waals surface area (Å²) in [5, 5.41) is 4.35. The highest BCUT2D eigenvalue weighted by molar-refractivity contribution is 7.89. The zero-order valence-electron chi connectivity index (χ0n) is 12.6. The Balaban J connectivity index is 1.76. The van der Waals surface area contributed by atoms with Gasteiger partial charge in [-0.05, 0) is 43.5 Å². The monoisotopic (exact) mass is 356 g/mol. The van der Waals surface area contributed by atoms with Gasteiger partial charge in [-0.15, -0.1) is 0 Å². The normalized spacial score (nSPS) is 17.2. The lowest BCUT2D eigenvalue weighted by Crippen LogP contribution is -2.44. The van der Waals surface area contributed by atoms with E-state index in [9.17, 15) is 8.42 Å². The first-order valence-electron chi connectivity index (χ1n) is 7.15. The van der Waals surface area contributed by atoms with Gasteiger partial charge in [-0.1, -0.05) is 16.8 Å². The van der Waals surface area contributed by atoms with Gasteiger partial charge in [-0.2, -0.15) is 9.29 Å². The Labute approximate surface area is 139 Å². The van der Waals surface area contributed by atoms with E-state index in [0.717, 1.165) is 23.6 Å². The first-order chi connectivity index (χ1) is 10.8. The van der Waals surface area contributed by atoms with E-state index in [-0.39, 0.29) is 17.3 Å². The van der Waals surface area contributed by atoms with E-state index in [2.05, 4.69) is 10.1 Å². The molecule has 2 N–H and O–H groups in total. The second kappa shape index (κ2) is 5.86. The van der Waals surface area contributed by atoms with Gasteiger partial charge >= 0.3 is 0 Å². The SMILES string of the molecule is CN(Cc1nc(C2(N)CCC2)no1)S(=O)(=O)c1ccc(Cl)cc1. The molecule has 0 bridgehead atoms. The van der Waals surface area contributed by atoms with Gasteiger partial charge in [0.05, 0.1) is 17.0 Å². The molecule has 0 saturated heterocycles. The van der Waals surface area contributed by atoms with E-state index in [1.807, 2.05) is 0 Å². The fraction of sp³-hybridized carbons (Fsp3) is 0.429. The Morgan fingerprint density at radius 1 is 1.35 bits per heavy atom. The number of halogens is 1. The number of hydrogen-bond acceptors (Lipinski definition) is 6. The smallest absolute Gasteiger partial charge is 0.243 e. The quantitative estimate of drug-likeness (QED) is 0.877. The van der Waals surface area contributed by atoms with Crippen molar-refractivity contribution < 1.29 is 12.9 Å². The van der Waals surface area contributed by atoms with E-state index >= 15 is 0 Å². The predicted molar refractivity (Wildman–Crippen MR) is 84.1 cm³/mol. The molecule has 1 fully saturated rings. The average molecular weight is 357 g/mol. The van der Waals surface area contributed by atoms with Gasteiger partial charge in [0.2, 0.25) is 15.9 Å². The summed E-state index contributed by atoms with van der Waals surface area (Å²) >= 11 is 5.78. The maximum atomic E-state index is 12.5. The van der Waals surface area contributed by atoms with E-state index in [1.54, 1.807) is 0 Å². The van der Waals surface area contributed by atoms with Crippen LogP contribution in [0.4, 0.5) is 0 Å². The van der Waals surface area contributed by atoms with Crippen LogP contribution < -0.4 is 5.73 Å². The Hall–Kier alpha value is -1.48. The van der Waals surface area contributed by atoms with Crippen molar-refractivity contribution in [3.8, 4) is 0 Å². The van der Waals surface area contributed by atoms with Gasteiger partial charge in [0.1, 0.15) is 0 Å². The van der Waals surface area contributed by atoms with Crippen LogP contribution in [0.5, 0.6) is 0 Å². The predicted octanol–water partition coefficient (Wildman–Crippen LogP) is 1.88. The average Bonchev–Trinajstić information content (AvgIpc) is 2.94. The van der Waals surface area contributed by atoms with Crippen molar-refractivity contribution in [2.24, 2.45) is 5.73 Å². The molecule has 3 rings (SSSR count). The van der Waals surface area contributed by atoms with Crippen molar-refractivity contribution in [1.82, 2.24) is 14.4 Å². The number of sulfonamides is 1. The molecule has 2 aromatic rings. The lowest BCUT2D eigenvalue weighted by molar-refractivity contribution is 0.228. The first-order valence-corrected chi connectivity index (χ1v) is 8.97. The van der Waals surface area contributed by atoms with Gasteiger partial charge in [0, 0.05) is 12.1 Å². The molecule has 1 aliphatic rings. The number of hydrogen-bond donors (Lipinski definition) is 1. The Morgan fingerprint density at radius 2 is 2.00 bits per heavy atom. The molecule has 0 spiro atoms. The zero-order valence-corrected chi connectivity index (χ0v) is 14.1. The van der Waals surface area contributed by atoms with Crippen LogP contribution in [-0.2, 0) is 22.1 Å². The summed E-state index contributed by atoms with van der Waals surface area (Å²) in [7, 11) is -2.20. The van der Waals surface area contributed by atoms with E-state index in [0.29, 0.717) is 10.8 Å². The summed E-state index contributed by atoms with van der Waals surface area (Å²) in [5.41, 5.74) is 5.60. The minimum Gasteiger partial charge on any atom is -0.338 e. The molecular formula is C14H17ClN4O3S. The van der Waals surface area contributed by atoms with Crippen molar-refractivity contribution in [2.75, 3.05) is 7.05 Å². The molecule has 1 saturated carbocycles. The molecule has 1 aromatic carbocycles. The van der Waals surface area contributed by atoms with Crippen LogP contribution in [0.25, 0.3) is 0 Å². The van der Waals surface area contributed by atoms with Crippen molar-refractivity contribution >= 4 is 21.6 Å². The minimum absolute atomic E-state index is 0.0198. The Kier molecular flexibility index (Phi) is 4.18. The summed E-state index contributed by atoms with van der Waals surface area (Å²) in [6.45, 7) is -0.0198. The second-order valence-corrected chi connectivity index (χ2v) is 8.22. The molecule has 0 radical (unpaired) electrons. The molecule has 1 aliphatic carbocycles. The Morgan fingerprint density at radius 3 is 2.57 bits per heavy atom. The molecule has 124 valence electrons. The van der Waals surface area contributed by atoms with Crippen LogP contribution in [0.15, 0.2) is 33.7 Å². The van der Waals surface area contributed by atoms with Gasteiger partial charge in [0.25, 0.3) is 0 Å². The lowest BCUT2D eigenvalue weighted by Gasteiger charge is -2.34. The molecule has 0 aliphatic heterocycles. The van der Waals surface area contributed by atoms with Crippen molar-refractivity contribution in [3.63, 3.8) is 0 Å². The molecule has 7 nitrogen and oxygen atoms in total. The van der Waals surface area contributed by atoms with E-state index < -0.39 is 15.6 Å². The summed E-state index contributed by atoms with van der Waals surface area (Å²) in [6, 6.07) is 5.97. The number of aromatic nitrogens is 2. The summed E-state index contributed by atoms with van der Waals surface area (Å²) in [6.07, 6.45) is 2.65. The number of nitrogens with two attached hydrogens (primary N) is 1. The second-order valence-electron chi connectivity index (χ2n) is 5.74. The van der Waals surface area contributed by atoms with Gasteiger partial charge in [-0.25, -0.2) is 8.42 Å². The molecule has 0 atom stereocenters. The van der Waals surface area contributed by atoms with Crippen LogP contribution in [0.2, 0.25) is 5.02 Å². The molecule has 0 amide bonds. The minimum atomic E-state index is -3.66. The largest absolute Gasteiger partial charge is 0.338 e. The van der Waals surface area contributed by atoms with Crippen molar-refractivity contribution in [3.05, 3.63) is 41.0 Å². The highest BCUT2D eigenvalue weighted by atomic mass is 35.5. The maximum Gasteiger partial charge on any atom is 0.243 e. The highest BCUT2D eigenvalue weighted by Crippen LogP contribution is 2.36. The maximum absolute atomic E-state index is 12.5. The van der Waals surface area contributed by atoms with Crippen LogP contribution in [0.3, 0.4) is 0 Å². The van der Waals surface area contributed by atoms with Gasteiger partial charge < -0.3 is 10.3 Å². The number of rotatable bonds is 5.